The molecular formula is C19H22F2N3O5+. The number of carbonyl (C=O) groups excluding carboxylic acids is 1. The van der Waals surface area contributed by atoms with Crippen molar-refractivity contribution in [2.24, 2.45) is 0 Å². The van der Waals surface area contributed by atoms with Crippen molar-refractivity contribution in [2.75, 3.05) is 19.5 Å². The Labute approximate surface area is 166 Å². The molecule has 1 unspecified atom stereocenters. The molecule has 0 aliphatic heterocycles. The predicted molar refractivity (Wildman–Crippen MR) is 101 cm³/mol. The molecule has 0 aliphatic carbocycles. The minimum atomic E-state index is -2.88. The van der Waals surface area contributed by atoms with Crippen LogP contribution in [0, 0.1) is 10.1 Å². The molecule has 2 N–H and O–H groups in total. The van der Waals surface area contributed by atoms with Crippen molar-refractivity contribution < 1.29 is 32.9 Å². The molecule has 0 spiro atoms. The third-order valence-electron chi connectivity index (χ3n) is 4.42. The Balaban J connectivity index is 2.01. The standard InChI is InChI=1S/C19H21F2N3O5/c1-12(23(2)11-13-4-7-15(8-5-13)29-19(20)21)18(25)22-16-9-6-14(24(26)27)10-17(16)28-3/h4-10,12,19H,11H2,1-3H3,(H,22,25)/p+1/t12-/m0/s1. The first-order valence-corrected chi connectivity index (χ1v) is 8.70. The Morgan fingerprint density at radius 3 is 2.45 bits per heavy atom. The lowest BCUT2D eigenvalue weighted by atomic mass is 10.1. The number of alkyl halides is 2. The van der Waals surface area contributed by atoms with E-state index in [9.17, 15) is 23.7 Å². The van der Waals surface area contributed by atoms with E-state index < -0.39 is 17.6 Å². The number of rotatable bonds is 9. The maximum atomic E-state index is 12.6. The number of carbonyl (C=O) groups is 1. The van der Waals surface area contributed by atoms with E-state index in [1.165, 1.54) is 37.4 Å². The van der Waals surface area contributed by atoms with Crippen LogP contribution in [0.4, 0.5) is 20.2 Å². The summed E-state index contributed by atoms with van der Waals surface area (Å²) in [6.45, 7) is -0.674. The van der Waals surface area contributed by atoms with Crippen molar-refractivity contribution in [3.63, 3.8) is 0 Å². The molecule has 2 rings (SSSR count). The van der Waals surface area contributed by atoms with E-state index in [4.69, 9.17) is 4.74 Å². The molecular weight excluding hydrogens is 388 g/mol. The monoisotopic (exact) mass is 410 g/mol. The topological polar surface area (TPSA) is 95.1 Å². The second-order valence-electron chi connectivity index (χ2n) is 6.40. The number of hydrogen-bond acceptors (Lipinski definition) is 5. The summed E-state index contributed by atoms with van der Waals surface area (Å²) in [5.74, 6) is -0.0446. The molecule has 10 heteroatoms. The molecule has 8 nitrogen and oxygen atoms in total. The second-order valence-corrected chi connectivity index (χ2v) is 6.40. The summed E-state index contributed by atoms with van der Waals surface area (Å²) in [6, 6.07) is 9.67. The minimum Gasteiger partial charge on any atom is -0.494 e. The number of likely N-dealkylation sites (N-methyl/N-ethyl adjacent to an activating group) is 1. The first kappa shape index (κ1) is 22.0. The smallest absolute Gasteiger partial charge is 0.387 e. The van der Waals surface area contributed by atoms with Gasteiger partial charge in [0.2, 0.25) is 0 Å². The third-order valence-corrected chi connectivity index (χ3v) is 4.42. The Morgan fingerprint density at radius 2 is 1.90 bits per heavy atom. The quantitative estimate of drug-likeness (QED) is 0.488. The first-order valence-electron chi connectivity index (χ1n) is 8.70. The van der Waals surface area contributed by atoms with E-state index >= 15 is 0 Å². The van der Waals surface area contributed by atoms with Crippen molar-refractivity contribution in [3.8, 4) is 11.5 Å². The van der Waals surface area contributed by atoms with E-state index in [2.05, 4.69) is 10.1 Å². The zero-order valence-corrected chi connectivity index (χ0v) is 16.1. The number of ether oxygens (including phenoxy) is 2. The summed E-state index contributed by atoms with van der Waals surface area (Å²) in [4.78, 5) is 23.7. The molecule has 0 radical (unpaired) electrons. The zero-order chi connectivity index (χ0) is 21.6. The number of hydrogen-bond donors (Lipinski definition) is 2. The van der Waals surface area contributed by atoms with Gasteiger partial charge in [-0.1, -0.05) is 0 Å². The van der Waals surface area contributed by atoms with E-state index in [1.54, 1.807) is 19.1 Å². The second kappa shape index (κ2) is 9.78. The number of nitro benzene ring substituents is 1. The number of halogens is 2. The van der Waals surface area contributed by atoms with Gasteiger partial charge < -0.3 is 19.7 Å². The van der Waals surface area contributed by atoms with Crippen LogP contribution in [0.3, 0.4) is 0 Å². The number of benzene rings is 2. The Kier molecular flexibility index (Phi) is 7.43. The van der Waals surface area contributed by atoms with Gasteiger partial charge in [-0.25, -0.2) is 0 Å². The predicted octanol–water partition coefficient (Wildman–Crippen LogP) is 2.25. The molecule has 0 saturated carbocycles. The fourth-order valence-corrected chi connectivity index (χ4v) is 2.63. The number of nitro groups is 1. The zero-order valence-electron chi connectivity index (χ0n) is 16.1. The molecule has 2 aromatic carbocycles. The van der Waals surface area contributed by atoms with Crippen molar-refractivity contribution in [2.45, 2.75) is 26.1 Å². The number of nitrogens with zero attached hydrogens (tertiary/aromatic N) is 1. The highest BCUT2D eigenvalue weighted by molar-refractivity contribution is 5.95. The summed E-state index contributed by atoms with van der Waals surface area (Å²) < 4.78 is 33.8. The van der Waals surface area contributed by atoms with Gasteiger partial charge in [0, 0.05) is 11.6 Å². The lowest BCUT2D eigenvalue weighted by Gasteiger charge is -2.21. The Bertz CT molecular complexity index is 861. The highest BCUT2D eigenvalue weighted by Gasteiger charge is 2.24. The number of nitrogens with one attached hydrogen (secondary N) is 2. The van der Waals surface area contributed by atoms with Crippen molar-refractivity contribution in [1.82, 2.24) is 0 Å². The minimum absolute atomic E-state index is 0.0671. The molecule has 0 aromatic heterocycles. The Hall–Kier alpha value is -3.27. The average Bonchev–Trinajstić information content (AvgIpc) is 2.68. The van der Waals surface area contributed by atoms with E-state index in [0.29, 0.717) is 12.2 Å². The van der Waals surface area contributed by atoms with Gasteiger partial charge in [-0.15, -0.1) is 0 Å². The summed E-state index contributed by atoms with van der Waals surface area (Å²) >= 11 is 0. The third kappa shape index (κ3) is 6.11. The molecule has 0 aliphatic rings. The van der Waals surface area contributed by atoms with Crippen LogP contribution >= 0.6 is 0 Å². The Morgan fingerprint density at radius 1 is 1.24 bits per heavy atom. The highest BCUT2D eigenvalue weighted by atomic mass is 19.3. The average molecular weight is 410 g/mol. The van der Waals surface area contributed by atoms with Gasteiger partial charge in [-0.3, -0.25) is 14.9 Å². The molecule has 29 heavy (non-hydrogen) atoms. The summed E-state index contributed by atoms with van der Waals surface area (Å²) in [5, 5.41) is 13.6. The van der Waals surface area contributed by atoms with Gasteiger partial charge in [-0.05, 0) is 37.3 Å². The number of anilines is 1. The van der Waals surface area contributed by atoms with Gasteiger partial charge in [0.15, 0.2) is 6.04 Å². The van der Waals surface area contributed by atoms with Crippen molar-refractivity contribution in [1.29, 1.82) is 0 Å². The van der Waals surface area contributed by atoms with E-state index in [0.717, 1.165) is 10.5 Å². The molecule has 0 saturated heterocycles. The van der Waals surface area contributed by atoms with Crippen LogP contribution in [-0.2, 0) is 11.3 Å². The van der Waals surface area contributed by atoms with Crippen molar-refractivity contribution in [3.05, 3.63) is 58.1 Å². The van der Waals surface area contributed by atoms with Gasteiger partial charge in [0.1, 0.15) is 18.0 Å². The molecule has 0 fully saturated rings. The molecule has 2 aromatic rings. The van der Waals surface area contributed by atoms with Crippen LogP contribution in [-0.4, -0.2) is 37.6 Å². The van der Waals surface area contributed by atoms with Crippen LogP contribution < -0.4 is 19.7 Å². The van der Waals surface area contributed by atoms with Gasteiger partial charge in [0.05, 0.1) is 30.8 Å². The van der Waals surface area contributed by atoms with Crippen LogP contribution in [0.25, 0.3) is 0 Å². The SMILES string of the molecule is COc1cc([N+](=O)[O-])ccc1NC(=O)[C@H](C)[NH+](C)Cc1ccc(OC(F)F)cc1. The summed E-state index contributed by atoms with van der Waals surface area (Å²) in [6.07, 6.45) is 0. The largest absolute Gasteiger partial charge is 0.494 e. The molecule has 0 bridgehead atoms. The fraction of sp³-hybridized carbons (Fsp3) is 0.316. The number of methoxy groups -OCH3 is 1. The number of amides is 1. The first-order chi connectivity index (χ1) is 13.7. The van der Waals surface area contributed by atoms with E-state index in [-0.39, 0.29) is 23.1 Å². The maximum Gasteiger partial charge on any atom is 0.387 e. The summed E-state index contributed by atoms with van der Waals surface area (Å²) in [5.41, 5.74) is 1.03. The highest BCUT2D eigenvalue weighted by Crippen LogP contribution is 2.29. The van der Waals surface area contributed by atoms with Crippen LogP contribution in [0.5, 0.6) is 11.5 Å². The number of quaternary nitrogens is 1. The van der Waals surface area contributed by atoms with Gasteiger partial charge in [-0.2, -0.15) is 8.78 Å². The van der Waals surface area contributed by atoms with Crippen molar-refractivity contribution >= 4 is 17.3 Å². The maximum absolute atomic E-state index is 12.6. The van der Waals surface area contributed by atoms with Gasteiger partial charge >= 0.3 is 6.61 Å². The fourth-order valence-electron chi connectivity index (χ4n) is 2.63. The normalized spacial score (nSPS) is 12.9. The lowest BCUT2D eigenvalue weighted by Crippen LogP contribution is -3.12. The van der Waals surface area contributed by atoms with Crippen LogP contribution in [0.15, 0.2) is 42.5 Å². The van der Waals surface area contributed by atoms with E-state index in [1.807, 2.05) is 7.05 Å². The molecule has 1 amide bonds. The molecule has 2 atom stereocenters. The molecule has 156 valence electrons. The summed E-state index contributed by atoms with van der Waals surface area (Å²) in [7, 11) is 3.18. The lowest BCUT2D eigenvalue weighted by molar-refractivity contribution is -0.907. The number of non-ortho nitro benzene ring substituents is 1. The van der Waals surface area contributed by atoms with Gasteiger partial charge in [0.25, 0.3) is 11.6 Å². The molecule has 0 heterocycles. The van der Waals surface area contributed by atoms with Crippen LogP contribution in [0.1, 0.15) is 12.5 Å². The van der Waals surface area contributed by atoms with Crippen LogP contribution in [0.2, 0.25) is 0 Å².